The van der Waals surface area contributed by atoms with E-state index in [2.05, 4.69) is 11.1 Å². The number of nitrogens with zero attached hydrogens (tertiary/aromatic N) is 2. The van der Waals surface area contributed by atoms with Gasteiger partial charge in [0, 0.05) is 21.5 Å². The van der Waals surface area contributed by atoms with Crippen LogP contribution < -0.4 is 9.47 Å². The molecule has 0 aliphatic rings. The van der Waals surface area contributed by atoms with Crippen LogP contribution in [0.5, 0.6) is 11.5 Å². The van der Waals surface area contributed by atoms with Gasteiger partial charge in [0.05, 0.1) is 18.4 Å². The first-order valence-electron chi connectivity index (χ1n) is 10.3. The van der Waals surface area contributed by atoms with E-state index >= 15 is 0 Å². The van der Waals surface area contributed by atoms with Gasteiger partial charge in [0.1, 0.15) is 11.1 Å². The SMILES string of the molecule is COc1cc(/C=C(/C#N)c2nc(-c3ccc(Cl)cc3)cs2)ccc1OCC(=O)c1ccccc1. The summed E-state index contributed by atoms with van der Waals surface area (Å²) in [6.07, 6.45) is 1.74. The Kier molecular flexibility index (Phi) is 7.38. The topological polar surface area (TPSA) is 72.2 Å². The van der Waals surface area contributed by atoms with Crippen LogP contribution in [0.25, 0.3) is 22.9 Å². The molecule has 0 bridgehead atoms. The minimum Gasteiger partial charge on any atom is -0.493 e. The second-order valence-electron chi connectivity index (χ2n) is 7.20. The van der Waals surface area contributed by atoms with Crippen LogP contribution in [0.2, 0.25) is 5.02 Å². The number of Topliss-reactive ketones (excluding diaryl/α,β-unsaturated/α-hetero) is 1. The monoisotopic (exact) mass is 486 g/mol. The lowest BCUT2D eigenvalue weighted by Crippen LogP contribution is -2.11. The number of carbonyl (C=O) groups excluding carboxylic acids is 1. The Morgan fingerprint density at radius 1 is 1.09 bits per heavy atom. The summed E-state index contributed by atoms with van der Waals surface area (Å²) < 4.78 is 11.1. The largest absolute Gasteiger partial charge is 0.493 e. The fraction of sp³-hybridized carbons (Fsp3) is 0.0741. The maximum Gasteiger partial charge on any atom is 0.200 e. The van der Waals surface area contributed by atoms with Crippen molar-refractivity contribution in [2.45, 2.75) is 0 Å². The Morgan fingerprint density at radius 2 is 1.85 bits per heavy atom. The second-order valence-corrected chi connectivity index (χ2v) is 8.50. The predicted molar refractivity (Wildman–Crippen MR) is 135 cm³/mol. The molecular formula is C27H19ClN2O3S. The summed E-state index contributed by atoms with van der Waals surface area (Å²) in [6.45, 7) is -0.106. The second kappa shape index (κ2) is 10.8. The van der Waals surface area contributed by atoms with Crippen LogP contribution in [0, 0.1) is 11.3 Å². The summed E-state index contributed by atoms with van der Waals surface area (Å²) in [5.74, 6) is 0.785. The molecule has 0 N–H and O–H groups in total. The summed E-state index contributed by atoms with van der Waals surface area (Å²) in [5, 5.41) is 12.9. The van der Waals surface area contributed by atoms with E-state index in [1.54, 1.807) is 48.5 Å². The Balaban J connectivity index is 1.52. The zero-order valence-electron chi connectivity index (χ0n) is 18.2. The third kappa shape index (κ3) is 5.52. The van der Waals surface area contributed by atoms with Crippen LogP contribution in [0.4, 0.5) is 0 Å². The number of aromatic nitrogens is 1. The van der Waals surface area contributed by atoms with E-state index in [0.717, 1.165) is 16.8 Å². The molecule has 5 nitrogen and oxygen atoms in total. The minimum atomic E-state index is -0.126. The van der Waals surface area contributed by atoms with Crippen molar-refractivity contribution < 1.29 is 14.3 Å². The highest BCUT2D eigenvalue weighted by atomic mass is 35.5. The Bertz CT molecular complexity index is 1370. The van der Waals surface area contributed by atoms with Crippen molar-refractivity contribution in [1.82, 2.24) is 4.98 Å². The molecule has 4 rings (SSSR count). The zero-order valence-corrected chi connectivity index (χ0v) is 19.8. The first-order chi connectivity index (χ1) is 16.6. The number of rotatable bonds is 8. The van der Waals surface area contributed by atoms with Crippen LogP contribution in [-0.2, 0) is 0 Å². The Hall–Kier alpha value is -3.92. The summed E-state index contributed by atoms with van der Waals surface area (Å²) in [7, 11) is 1.53. The van der Waals surface area contributed by atoms with Gasteiger partial charge in [0.15, 0.2) is 23.9 Å². The molecule has 4 aromatic rings. The van der Waals surface area contributed by atoms with E-state index in [1.165, 1.54) is 18.4 Å². The highest BCUT2D eigenvalue weighted by Gasteiger charge is 2.12. The van der Waals surface area contributed by atoms with E-state index < -0.39 is 0 Å². The number of carbonyl (C=O) groups is 1. The highest BCUT2D eigenvalue weighted by Crippen LogP contribution is 2.31. The first-order valence-corrected chi connectivity index (χ1v) is 11.6. The van der Waals surface area contributed by atoms with Gasteiger partial charge < -0.3 is 9.47 Å². The third-order valence-electron chi connectivity index (χ3n) is 4.95. The van der Waals surface area contributed by atoms with Crippen molar-refractivity contribution in [2.75, 3.05) is 13.7 Å². The number of halogens is 1. The fourth-order valence-electron chi connectivity index (χ4n) is 3.20. The van der Waals surface area contributed by atoms with Crippen molar-refractivity contribution in [3.63, 3.8) is 0 Å². The number of ether oxygens (including phenoxy) is 2. The quantitative estimate of drug-likeness (QED) is 0.202. The maximum absolute atomic E-state index is 12.3. The number of nitriles is 1. The molecule has 0 spiro atoms. The Morgan fingerprint density at radius 3 is 2.56 bits per heavy atom. The van der Waals surface area contributed by atoms with E-state index in [1.807, 2.05) is 35.7 Å². The molecule has 0 saturated carbocycles. The lowest BCUT2D eigenvalue weighted by Gasteiger charge is -2.11. The number of benzene rings is 3. The summed E-state index contributed by atoms with van der Waals surface area (Å²) in [4.78, 5) is 16.9. The molecule has 34 heavy (non-hydrogen) atoms. The molecule has 168 valence electrons. The Labute approximate surface area is 206 Å². The van der Waals surface area contributed by atoms with Gasteiger partial charge in [-0.1, -0.05) is 60.1 Å². The number of methoxy groups -OCH3 is 1. The normalized spacial score (nSPS) is 11.0. The zero-order chi connectivity index (χ0) is 23.9. The molecule has 1 aromatic heterocycles. The number of ketones is 1. The minimum absolute atomic E-state index is 0.106. The van der Waals surface area contributed by atoms with Crippen molar-refractivity contribution in [3.8, 4) is 28.8 Å². The van der Waals surface area contributed by atoms with Crippen molar-refractivity contribution in [1.29, 1.82) is 5.26 Å². The van der Waals surface area contributed by atoms with E-state index in [4.69, 9.17) is 21.1 Å². The molecule has 0 aliphatic carbocycles. The molecule has 7 heteroatoms. The fourth-order valence-corrected chi connectivity index (χ4v) is 4.12. The van der Waals surface area contributed by atoms with Gasteiger partial charge in [0.25, 0.3) is 0 Å². The molecule has 0 saturated heterocycles. The lowest BCUT2D eigenvalue weighted by atomic mass is 10.1. The van der Waals surface area contributed by atoms with Crippen molar-refractivity contribution in [2.24, 2.45) is 0 Å². The van der Waals surface area contributed by atoms with Crippen molar-refractivity contribution >= 4 is 40.4 Å². The average Bonchev–Trinajstić information content (AvgIpc) is 3.37. The lowest BCUT2D eigenvalue weighted by molar-refractivity contribution is 0.0919. The average molecular weight is 487 g/mol. The van der Waals surface area contributed by atoms with Gasteiger partial charge in [-0.2, -0.15) is 5.26 Å². The van der Waals surface area contributed by atoms with Gasteiger partial charge in [0.2, 0.25) is 0 Å². The molecule has 1 heterocycles. The number of allylic oxidation sites excluding steroid dienone is 1. The standard InChI is InChI=1S/C27H19ClN2O3S/c1-32-26-14-18(7-12-25(26)33-16-24(31)20-5-3-2-4-6-20)13-21(15-29)27-30-23(17-34-27)19-8-10-22(28)11-9-19/h2-14,17H,16H2,1H3/b21-13-. The van der Waals surface area contributed by atoms with Crippen LogP contribution in [-0.4, -0.2) is 24.5 Å². The molecule has 0 amide bonds. The number of hydrogen-bond acceptors (Lipinski definition) is 6. The van der Waals surface area contributed by atoms with Gasteiger partial charge in [-0.15, -0.1) is 11.3 Å². The van der Waals surface area contributed by atoms with Gasteiger partial charge in [-0.3, -0.25) is 4.79 Å². The van der Waals surface area contributed by atoms with E-state index in [-0.39, 0.29) is 12.4 Å². The van der Waals surface area contributed by atoms with Crippen LogP contribution in [0.15, 0.2) is 78.2 Å². The molecule has 0 aliphatic heterocycles. The molecule has 0 fully saturated rings. The highest BCUT2D eigenvalue weighted by molar-refractivity contribution is 7.11. The van der Waals surface area contributed by atoms with Gasteiger partial charge in [-0.25, -0.2) is 4.98 Å². The first kappa shape index (κ1) is 23.2. The van der Waals surface area contributed by atoms with Crippen LogP contribution in [0.3, 0.4) is 0 Å². The summed E-state index contributed by atoms with van der Waals surface area (Å²) in [6, 6.07) is 23.9. The van der Waals surface area contributed by atoms with Gasteiger partial charge in [-0.05, 0) is 35.9 Å². The summed E-state index contributed by atoms with van der Waals surface area (Å²) in [5.41, 5.74) is 3.47. The third-order valence-corrected chi connectivity index (χ3v) is 6.08. The maximum atomic E-state index is 12.3. The van der Waals surface area contributed by atoms with Crippen molar-refractivity contribution in [3.05, 3.63) is 99.3 Å². The van der Waals surface area contributed by atoms with E-state index in [9.17, 15) is 10.1 Å². The molecule has 0 atom stereocenters. The number of hydrogen-bond donors (Lipinski definition) is 0. The molecular weight excluding hydrogens is 468 g/mol. The smallest absolute Gasteiger partial charge is 0.200 e. The predicted octanol–water partition coefficient (Wildman–Crippen LogP) is 6.80. The summed E-state index contributed by atoms with van der Waals surface area (Å²) >= 11 is 7.36. The molecule has 0 radical (unpaired) electrons. The van der Waals surface area contributed by atoms with E-state index in [0.29, 0.717) is 32.7 Å². The number of thiazole rings is 1. The molecule has 3 aromatic carbocycles. The van der Waals surface area contributed by atoms with Crippen LogP contribution in [0.1, 0.15) is 20.9 Å². The van der Waals surface area contributed by atoms with Crippen LogP contribution >= 0.6 is 22.9 Å². The van der Waals surface area contributed by atoms with Gasteiger partial charge >= 0.3 is 0 Å². The molecule has 0 unspecified atom stereocenters.